The van der Waals surface area contributed by atoms with E-state index in [1.54, 1.807) is 6.26 Å². The van der Waals surface area contributed by atoms with Crippen molar-refractivity contribution in [3.8, 4) is 6.08 Å². The monoisotopic (exact) mass is 254 g/mol. The van der Waals surface area contributed by atoms with Crippen LogP contribution in [0.4, 0.5) is 0 Å². The van der Waals surface area contributed by atoms with Gasteiger partial charge in [-0.1, -0.05) is 0 Å². The van der Waals surface area contributed by atoms with Gasteiger partial charge in [-0.15, -0.1) is 0 Å². The van der Waals surface area contributed by atoms with Gasteiger partial charge in [0.05, 0.1) is 17.9 Å². The Kier molecular flexibility index (Phi) is 4.24. The lowest BCUT2D eigenvalue weighted by Crippen LogP contribution is -2.22. The van der Waals surface area contributed by atoms with Gasteiger partial charge in [-0.2, -0.15) is 4.98 Å². The van der Waals surface area contributed by atoms with Crippen LogP contribution in [0.1, 0.15) is 39.3 Å². The topological polar surface area (TPSA) is 56.5 Å². The second kappa shape index (κ2) is 5.71. The molecule has 0 bridgehead atoms. The molecule has 1 aromatic heterocycles. The van der Waals surface area contributed by atoms with E-state index < -0.39 is 0 Å². The van der Waals surface area contributed by atoms with Crippen LogP contribution in [0.2, 0.25) is 0 Å². The van der Waals surface area contributed by atoms with Gasteiger partial charge >= 0.3 is 6.08 Å². The average Bonchev–Trinajstić information content (AvgIpc) is 3.00. The second-order valence-corrected chi connectivity index (χ2v) is 5.57. The summed E-state index contributed by atoms with van der Waals surface area (Å²) in [6.45, 7) is 7.77. The summed E-state index contributed by atoms with van der Waals surface area (Å²) >= 11 is 0. The van der Waals surface area contributed by atoms with Crippen LogP contribution in [0, 0.1) is 0 Å². The fourth-order valence-corrected chi connectivity index (χ4v) is 1.45. The maximum Gasteiger partial charge on any atom is 0.393 e. The first-order valence-corrected chi connectivity index (χ1v) is 6.47. The third-order valence-corrected chi connectivity index (χ3v) is 2.52. The van der Waals surface area contributed by atoms with Crippen LogP contribution in [0.15, 0.2) is 10.7 Å². The molecule has 102 valence electrons. The summed E-state index contributed by atoms with van der Waals surface area (Å²) in [4.78, 5) is 4.24. The molecule has 1 fully saturated rings. The summed E-state index contributed by atoms with van der Waals surface area (Å²) in [5.74, 6) is 0. The van der Waals surface area contributed by atoms with Crippen LogP contribution in [-0.4, -0.2) is 29.8 Å². The Balaban J connectivity index is 1.63. The maximum absolute atomic E-state index is 5.54. The Hall–Kier alpha value is -1.07. The van der Waals surface area contributed by atoms with Crippen molar-refractivity contribution in [2.24, 2.45) is 0 Å². The minimum Gasteiger partial charge on any atom is -0.448 e. The van der Waals surface area contributed by atoms with Gasteiger partial charge < -0.3 is 19.2 Å². The number of hydrogen-bond acceptors (Lipinski definition) is 5. The minimum atomic E-state index is -0.140. The van der Waals surface area contributed by atoms with Gasteiger partial charge in [-0.05, 0) is 33.6 Å². The van der Waals surface area contributed by atoms with Gasteiger partial charge in [-0.3, -0.25) is 0 Å². The first-order chi connectivity index (χ1) is 8.53. The van der Waals surface area contributed by atoms with Crippen LogP contribution < -0.4 is 10.1 Å². The van der Waals surface area contributed by atoms with E-state index >= 15 is 0 Å². The van der Waals surface area contributed by atoms with E-state index in [0.717, 1.165) is 12.2 Å². The van der Waals surface area contributed by atoms with Crippen LogP contribution >= 0.6 is 0 Å². The maximum atomic E-state index is 5.54. The molecule has 0 radical (unpaired) electrons. The number of aromatic nitrogens is 1. The first kappa shape index (κ1) is 13.4. The number of nitrogens with one attached hydrogen (secondary N) is 1. The zero-order valence-corrected chi connectivity index (χ0v) is 11.4. The number of rotatable bonds is 7. The fraction of sp³-hybridized carbons (Fsp3) is 0.769. The third kappa shape index (κ3) is 5.06. The van der Waals surface area contributed by atoms with Crippen molar-refractivity contribution >= 4 is 0 Å². The molecule has 1 saturated carbocycles. The normalized spacial score (nSPS) is 15.9. The number of oxazole rings is 1. The van der Waals surface area contributed by atoms with Crippen molar-refractivity contribution in [1.29, 1.82) is 0 Å². The van der Waals surface area contributed by atoms with E-state index in [-0.39, 0.29) is 5.60 Å². The van der Waals surface area contributed by atoms with Crippen molar-refractivity contribution < 1.29 is 13.9 Å². The summed E-state index contributed by atoms with van der Waals surface area (Å²) in [5, 5.41) is 3.37. The molecule has 0 aliphatic heterocycles. The summed E-state index contributed by atoms with van der Waals surface area (Å²) in [7, 11) is 0. The lowest BCUT2D eigenvalue weighted by molar-refractivity contribution is -0.0196. The largest absolute Gasteiger partial charge is 0.448 e. The van der Waals surface area contributed by atoms with Crippen molar-refractivity contribution in [1.82, 2.24) is 10.3 Å². The molecule has 0 aromatic carbocycles. The smallest absolute Gasteiger partial charge is 0.393 e. The number of nitrogens with zero attached hydrogens (tertiary/aromatic N) is 1. The first-order valence-electron chi connectivity index (χ1n) is 6.47. The standard InChI is InChI=1S/C13H22N2O3/c1-13(2,3)18-7-6-16-12-15-11(9-17-12)8-14-10-4-5-10/h9-10,14H,4-8H2,1-3H3. The summed E-state index contributed by atoms with van der Waals surface area (Å²) in [6, 6.07) is 0.672. The van der Waals surface area contributed by atoms with Gasteiger partial charge in [0.1, 0.15) is 12.9 Å². The van der Waals surface area contributed by atoms with E-state index in [9.17, 15) is 0 Å². The summed E-state index contributed by atoms with van der Waals surface area (Å²) in [6.07, 6.45) is 4.49. The molecule has 2 rings (SSSR count). The second-order valence-electron chi connectivity index (χ2n) is 5.57. The molecular formula is C13H22N2O3. The summed E-state index contributed by atoms with van der Waals surface area (Å²) < 4.78 is 16.1. The molecular weight excluding hydrogens is 232 g/mol. The van der Waals surface area contributed by atoms with Gasteiger partial charge in [0.25, 0.3) is 0 Å². The van der Waals surface area contributed by atoms with E-state index in [0.29, 0.717) is 25.3 Å². The van der Waals surface area contributed by atoms with E-state index in [4.69, 9.17) is 13.9 Å². The van der Waals surface area contributed by atoms with Gasteiger partial charge in [-0.25, -0.2) is 0 Å². The zero-order valence-electron chi connectivity index (χ0n) is 11.4. The molecule has 1 aliphatic rings. The average molecular weight is 254 g/mol. The Morgan fingerprint density at radius 2 is 2.17 bits per heavy atom. The Bertz CT molecular complexity index is 367. The van der Waals surface area contributed by atoms with Gasteiger partial charge in [0, 0.05) is 12.6 Å². The van der Waals surface area contributed by atoms with Crippen molar-refractivity contribution in [2.45, 2.75) is 51.8 Å². The molecule has 0 atom stereocenters. The lowest BCUT2D eigenvalue weighted by atomic mass is 10.2. The molecule has 0 unspecified atom stereocenters. The Morgan fingerprint density at radius 3 is 2.83 bits per heavy atom. The van der Waals surface area contributed by atoms with Crippen molar-refractivity contribution in [3.63, 3.8) is 0 Å². The molecule has 18 heavy (non-hydrogen) atoms. The molecule has 1 heterocycles. The van der Waals surface area contributed by atoms with Gasteiger partial charge in [0.15, 0.2) is 0 Å². The van der Waals surface area contributed by atoms with Crippen molar-refractivity contribution in [3.05, 3.63) is 12.0 Å². The molecule has 1 N–H and O–H groups in total. The Labute approximate surface area is 108 Å². The molecule has 5 nitrogen and oxygen atoms in total. The predicted octanol–water partition coefficient (Wildman–Crippen LogP) is 2.12. The molecule has 1 aliphatic carbocycles. The highest BCUT2D eigenvalue weighted by Gasteiger charge is 2.20. The van der Waals surface area contributed by atoms with Crippen LogP contribution in [0.3, 0.4) is 0 Å². The number of hydrogen-bond donors (Lipinski definition) is 1. The quantitative estimate of drug-likeness (QED) is 0.755. The highest BCUT2D eigenvalue weighted by molar-refractivity contribution is 5.00. The molecule has 5 heteroatoms. The summed E-state index contributed by atoms with van der Waals surface area (Å²) in [5.41, 5.74) is 0.743. The Morgan fingerprint density at radius 1 is 1.39 bits per heavy atom. The van der Waals surface area contributed by atoms with Gasteiger partial charge in [0.2, 0.25) is 0 Å². The number of ether oxygens (including phenoxy) is 2. The highest BCUT2D eigenvalue weighted by atomic mass is 16.6. The predicted molar refractivity (Wildman–Crippen MR) is 67.6 cm³/mol. The van der Waals surface area contributed by atoms with Crippen LogP contribution in [-0.2, 0) is 11.3 Å². The van der Waals surface area contributed by atoms with Crippen LogP contribution in [0.25, 0.3) is 0 Å². The molecule has 1 aromatic rings. The van der Waals surface area contributed by atoms with E-state index in [2.05, 4.69) is 10.3 Å². The van der Waals surface area contributed by atoms with Crippen LogP contribution in [0.5, 0.6) is 6.08 Å². The molecule has 0 spiro atoms. The van der Waals surface area contributed by atoms with E-state index in [1.807, 2.05) is 20.8 Å². The molecule has 0 saturated heterocycles. The fourth-order valence-electron chi connectivity index (χ4n) is 1.45. The van der Waals surface area contributed by atoms with Crippen molar-refractivity contribution in [2.75, 3.05) is 13.2 Å². The third-order valence-electron chi connectivity index (χ3n) is 2.52. The highest BCUT2D eigenvalue weighted by Crippen LogP contribution is 2.19. The SMILES string of the molecule is CC(C)(C)OCCOc1nc(CNC2CC2)co1. The zero-order chi connectivity index (χ0) is 13.0. The minimum absolute atomic E-state index is 0.140. The van der Waals surface area contributed by atoms with E-state index in [1.165, 1.54) is 12.8 Å². The molecule has 0 amide bonds. The lowest BCUT2D eigenvalue weighted by Gasteiger charge is -2.18.